The first kappa shape index (κ1) is 14.0. The van der Waals surface area contributed by atoms with Gasteiger partial charge in [0, 0.05) is 27.8 Å². The van der Waals surface area contributed by atoms with Gasteiger partial charge in [0.05, 0.1) is 6.61 Å². The molecule has 0 spiro atoms. The van der Waals surface area contributed by atoms with Crippen LogP contribution in [0.5, 0.6) is 5.75 Å². The topological polar surface area (TPSA) is 21.3 Å². The van der Waals surface area contributed by atoms with Crippen LogP contribution < -0.4 is 10.1 Å². The molecule has 0 radical (unpaired) electrons. The summed E-state index contributed by atoms with van der Waals surface area (Å²) in [6.45, 7) is 3.22. The maximum atomic E-state index is 6.12. The predicted molar refractivity (Wildman–Crippen MR) is 81.4 cm³/mol. The van der Waals surface area contributed by atoms with Crippen LogP contribution in [0.2, 0.25) is 10.0 Å². The number of benzene rings is 2. The van der Waals surface area contributed by atoms with Crippen LogP contribution in [0.3, 0.4) is 0 Å². The lowest BCUT2D eigenvalue weighted by Gasteiger charge is -2.10. The predicted octanol–water partition coefficient (Wildman–Crippen LogP) is 5.00. The maximum Gasteiger partial charge on any atom is 0.119 e. The van der Waals surface area contributed by atoms with E-state index in [0.29, 0.717) is 23.2 Å². The standard InChI is InChI=1S/C15H15Cl2NO/c1-2-19-12-8-6-11(7-9-12)18-10-13-14(16)4-3-5-15(13)17/h3-9,18H,2,10H2,1H3. The van der Waals surface area contributed by atoms with Crippen molar-refractivity contribution < 1.29 is 4.74 Å². The lowest BCUT2D eigenvalue weighted by molar-refractivity contribution is 0.340. The summed E-state index contributed by atoms with van der Waals surface area (Å²) in [5, 5.41) is 4.63. The molecule has 2 rings (SSSR count). The number of ether oxygens (including phenoxy) is 1. The van der Waals surface area contributed by atoms with Gasteiger partial charge in [-0.3, -0.25) is 0 Å². The third-order valence-electron chi connectivity index (χ3n) is 2.70. The highest BCUT2D eigenvalue weighted by Crippen LogP contribution is 2.25. The summed E-state index contributed by atoms with van der Waals surface area (Å²) in [7, 11) is 0. The molecule has 2 aromatic rings. The molecule has 2 nitrogen and oxygen atoms in total. The van der Waals surface area contributed by atoms with Gasteiger partial charge >= 0.3 is 0 Å². The second-order valence-electron chi connectivity index (χ2n) is 4.01. The van der Waals surface area contributed by atoms with E-state index >= 15 is 0 Å². The van der Waals surface area contributed by atoms with Gasteiger partial charge in [0.15, 0.2) is 0 Å². The number of rotatable bonds is 5. The van der Waals surface area contributed by atoms with Gasteiger partial charge in [-0.1, -0.05) is 29.3 Å². The average Bonchev–Trinajstić information content (AvgIpc) is 2.40. The van der Waals surface area contributed by atoms with Crippen LogP contribution in [0.4, 0.5) is 5.69 Å². The van der Waals surface area contributed by atoms with E-state index in [1.54, 1.807) is 0 Å². The molecule has 0 unspecified atom stereocenters. The van der Waals surface area contributed by atoms with Gasteiger partial charge in [0.25, 0.3) is 0 Å². The Hall–Kier alpha value is -1.38. The molecule has 0 aliphatic rings. The molecule has 2 aromatic carbocycles. The van der Waals surface area contributed by atoms with Crippen molar-refractivity contribution in [2.45, 2.75) is 13.5 Å². The molecule has 19 heavy (non-hydrogen) atoms. The van der Waals surface area contributed by atoms with E-state index in [1.165, 1.54) is 0 Å². The minimum absolute atomic E-state index is 0.590. The highest BCUT2D eigenvalue weighted by molar-refractivity contribution is 6.36. The number of halogens is 2. The Morgan fingerprint density at radius 3 is 2.21 bits per heavy atom. The lowest BCUT2D eigenvalue weighted by atomic mass is 10.2. The zero-order chi connectivity index (χ0) is 13.7. The van der Waals surface area contributed by atoms with E-state index in [9.17, 15) is 0 Å². The first-order valence-corrected chi connectivity index (χ1v) is 6.86. The van der Waals surface area contributed by atoms with Crippen LogP contribution in [0.25, 0.3) is 0 Å². The summed E-state index contributed by atoms with van der Waals surface area (Å²) in [5.74, 6) is 0.865. The molecule has 0 fully saturated rings. The van der Waals surface area contributed by atoms with E-state index in [1.807, 2.05) is 49.4 Å². The molecule has 0 aliphatic heterocycles. The lowest BCUT2D eigenvalue weighted by Crippen LogP contribution is -2.01. The summed E-state index contributed by atoms with van der Waals surface area (Å²) in [5.41, 5.74) is 1.90. The van der Waals surface area contributed by atoms with E-state index in [2.05, 4.69) is 5.32 Å². The van der Waals surface area contributed by atoms with Crippen molar-refractivity contribution in [2.24, 2.45) is 0 Å². The zero-order valence-corrected chi connectivity index (χ0v) is 12.1. The van der Waals surface area contributed by atoms with Gasteiger partial charge in [-0.15, -0.1) is 0 Å². The van der Waals surface area contributed by atoms with Gasteiger partial charge < -0.3 is 10.1 Å². The van der Waals surface area contributed by atoms with Crippen LogP contribution in [-0.2, 0) is 6.54 Å². The van der Waals surface area contributed by atoms with Crippen LogP contribution in [0.15, 0.2) is 42.5 Å². The molecule has 4 heteroatoms. The van der Waals surface area contributed by atoms with Crippen molar-refractivity contribution in [2.75, 3.05) is 11.9 Å². The Balaban J connectivity index is 2.02. The Labute approximate surface area is 123 Å². The molecular formula is C15H15Cl2NO. The van der Waals surface area contributed by atoms with Gasteiger partial charge in [0.1, 0.15) is 5.75 Å². The Morgan fingerprint density at radius 2 is 1.63 bits per heavy atom. The van der Waals surface area contributed by atoms with Crippen molar-refractivity contribution in [3.63, 3.8) is 0 Å². The van der Waals surface area contributed by atoms with E-state index in [-0.39, 0.29) is 0 Å². The molecule has 1 N–H and O–H groups in total. The fourth-order valence-electron chi connectivity index (χ4n) is 1.73. The summed E-state index contributed by atoms with van der Waals surface area (Å²) in [6.07, 6.45) is 0. The van der Waals surface area contributed by atoms with Gasteiger partial charge in [-0.2, -0.15) is 0 Å². The van der Waals surface area contributed by atoms with Crippen LogP contribution >= 0.6 is 23.2 Å². The quantitative estimate of drug-likeness (QED) is 0.838. The molecule has 0 atom stereocenters. The van der Waals surface area contributed by atoms with Crippen molar-refractivity contribution in [1.29, 1.82) is 0 Å². The Bertz CT molecular complexity index is 520. The molecule has 0 saturated heterocycles. The van der Waals surface area contributed by atoms with E-state index < -0.39 is 0 Å². The second kappa shape index (κ2) is 6.69. The SMILES string of the molecule is CCOc1ccc(NCc2c(Cl)cccc2Cl)cc1. The fourth-order valence-corrected chi connectivity index (χ4v) is 2.26. The third kappa shape index (κ3) is 3.79. The minimum Gasteiger partial charge on any atom is -0.494 e. The van der Waals surface area contributed by atoms with Crippen molar-refractivity contribution in [3.05, 3.63) is 58.1 Å². The Morgan fingerprint density at radius 1 is 1.00 bits per heavy atom. The summed E-state index contributed by atoms with van der Waals surface area (Å²) in [6, 6.07) is 13.3. The van der Waals surface area contributed by atoms with Crippen LogP contribution in [-0.4, -0.2) is 6.61 Å². The van der Waals surface area contributed by atoms with Crippen molar-refractivity contribution >= 4 is 28.9 Å². The maximum absolute atomic E-state index is 6.12. The number of anilines is 1. The first-order chi connectivity index (χ1) is 9.20. The van der Waals surface area contributed by atoms with Crippen molar-refractivity contribution in [3.8, 4) is 5.75 Å². The van der Waals surface area contributed by atoms with Gasteiger partial charge in [-0.05, 0) is 43.3 Å². The molecule has 0 aliphatic carbocycles. The second-order valence-corrected chi connectivity index (χ2v) is 4.83. The fraction of sp³-hybridized carbons (Fsp3) is 0.200. The average molecular weight is 296 g/mol. The van der Waals surface area contributed by atoms with E-state index in [4.69, 9.17) is 27.9 Å². The normalized spacial score (nSPS) is 10.3. The minimum atomic E-state index is 0.590. The molecule has 0 bridgehead atoms. The Kier molecular flexibility index (Phi) is 4.94. The smallest absolute Gasteiger partial charge is 0.119 e. The third-order valence-corrected chi connectivity index (χ3v) is 3.40. The largest absolute Gasteiger partial charge is 0.494 e. The zero-order valence-electron chi connectivity index (χ0n) is 10.6. The van der Waals surface area contributed by atoms with Gasteiger partial charge in [-0.25, -0.2) is 0 Å². The van der Waals surface area contributed by atoms with Crippen molar-refractivity contribution in [1.82, 2.24) is 0 Å². The number of hydrogen-bond donors (Lipinski definition) is 1. The summed E-state index contributed by atoms with van der Waals surface area (Å²) < 4.78 is 5.39. The summed E-state index contributed by atoms with van der Waals surface area (Å²) in [4.78, 5) is 0. The highest BCUT2D eigenvalue weighted by atomic mass is 35.5. The highest BCUT2D eigenvalue weighted by Gasteiger charge is 2.04. The monoisotopic (exact) mass is 295 g/mol. The first-order valence-electron chi connectivity index (χ1n) is 6.10. The van der Waals surface area contributed by atoms with Crippen LogP contribution in [0.1, 0.15) is 12.5 Å². The molecular weight excluding hydrogens is 281 g/mol. The van der Waals surface area contributed by atoms with E-state index in [0.717, 1.165) is 17.0 Å². The van der Waals surface area contributed by atoms with Crippen LogP contribution in [0, 0.1) is 0 Å². The number of nitrogens with one attached hydrogen (secondary N) is 1. The molecule has 0 heterocycles. The molecule has 0 amide bonds. The summed E-state index contributed by atoms with van der Waals surface area (Å²) >= 11 is 12.2. The van der Waals surface area contributed by atoms with Gasteiger partial charge in [0.2, 0.25) is 0 Å². The molecule has 0 aromatic heterocycles. The molecule has 0 saturated carbocycles. The molecule has 100 valence electrons. The number of hydrogen-bond acceptors (Lipinski definition) is 2.